The quantitative estimate of drug-likeness (QED) is 0.528. The Bertz CT molecular complexity index is 273. The number of aromatic hydroxyl groups is 2. The molecule has 1 rings (SSSR count). The lowest BCUT2D eigenvalue weighted by atomic mass is 10.2. The molecule has 3 N–H and O–H groups in total. The summed E-state index contributed by atoms with van der Waals surface area (Å²) in [6.07, 6.45) is 0. The summed E-state index contributed by atoms with van der Waals surface area (Å²) in [5.41, 5.74) is 0.101. The molecule has 1 aromatic rings. The molecule has 0 unspecified atom stereocenters. The van der Waals surface area contributed by atoms with Crippen molar-refractivity contribution in [3.63, 3.8) is 0 Å². The molecular formula is C7H7FO3. The van der Waals surface area contributed by atoms with Crippen LogP contribution in [0.2, 0.25) is 0 Å². The highest BCUT2D eigenvalue weighted by Gasteiger charge is 2.09. The first kappa shape index (κ1) is 7.81. The SMILES string of the molecule is OCc1ccc(F)c(O)c1O. The number of phenolic OH excluding ortho intramolecular Hbond substituents is 1. The Hall–Kier alpha value is -1.29. The standard InChI is InChI=1S/C7H7FO3/c8-5-2-1-4(3-9)6(10)7(5)11/h1-2,9-11H,3H2. The third-order valence-corrected chi connectivity index (χ3v) is 1.36. The van der Waals surface area contributed by atoms with Crippen molar-refractivity contribution in [3.05, 3.63) is 23.5 Å². The molecule has 0 heterocycles. The maximum absolute atomic E-state index is 12.4. The van der Waals surface area contributed by atoms with Crippen molar-refractivity contribution in [1.82, 2.24) is 0 Å². The lowest BCUT2D eigenvalue weighted by molar-refractivity contribution is 0.272. The van der Waals surface area contributed by atoms with Gasteiger partial charge < -0.3 is 15.3 Å². The van der Waals surface area contributed by atoms with Crippen molar-refractivity contribution in [2.24, 2.45) is 0 Å². The number of aliphatic hydroxyl groups is 1. The fourth-order valence-corrected chi connectivity index (χ4v) is 0.724. The highest BCUT2D eigenvalue weighted by molar-refractivity contribution is 5.44. The zero-order valence-electron chi connectivity index (χ0n) is 5.58. The molecule has 0 radical (unpaired) electrons. The molecule has 4 heteroatoms. The van der Waals surface area contributed by atoms with Gasteiger partial charge in [0.1, 0.15) is 0 Å². The number of hydrogen-bond acceptors (Lipinski definition) is 3. The summed E-state index contributed by atoms with van der Waals surface area (Å²) in [5, 5.41) is 26.3. The van der Waals surface area contributed by atoms with E-state index in [0.29, 0.717) is 0 Å². The maximum atomic E-state index is 12.4. The molecule has 0 saturated carbocycles. The molecular weight excluding hydrogens is 151 g/mol. The van der Waals surface area contributed by atoms with Crippen LogP contribution < -0.4 is 0 Å². The summed E-state index contributed by atoms with van der Waals surface area (Å²) in [7, 11) is 0. The average molecular weight is 158 g/mol. The van der Waals surface area contributed by atoms with E-state index in [1.807, 2.05) is 0 Å². The van der Waals surface area contributed by atoms with Gasteiger partial charge in [0.25, 0.3) is 0 Å². The molecule has 0 aliphatic carbocycles. The second kappa shape index (κ2) is 2.75. The Balaban J connectivity index is 3.25. The van der Waals surface area contributed by atoms with Crippen LogP contribution in [-0.4, -0.2) is 15.3 Å². The van der Waals surface area contributed by atoms with E-state index in [1.165, 1.54) is 6.07 Å². The van der Waals surface area contributed by atoms with E-state index in [0.717, 1.165) is 6.07 Å². The molecule has 0 amide bonds. The number of halogens is 1. The first-order valence-electron chi connectivity index (χ1n) is 2.97. The van der Waals surface area contributed by atoms with Crippen LogP contribution in [0.15, 0.2) is 12.1 Å². The molecule has 11 heavy (non-hydrogen) atoms. The first-order chi connectivity index (χ1) is 5.16. The van der Waals surface area contributed by atoms with E-state index in [4.69, 9.17) is 15.3 Å². The molecule has 3 nitrogen and oxygen atoms in total. The fourth-order valence-electron chi connectivity index (χ4n) is 0.724. The summed E-state index contributed by atoms with van der Waals surface area (Å²) < 4.78 is 12.4. The van der Waals surface area contributed by atoms with Gasteiger partial charge in [-0.2, -0.15) is 0 Å². The van der Waals surface area contributed by atoms with Gasteiger partial charge >= 0.3 is 0 Å². The number of benzene rings is 1. The monoisotopic (exact) mass is 158 g/mol. The predicted octanol–water partition coefficient (Wildman–Crippen LogP) is 0.729. The van der Waals surface area contributed by atoms with Crippen LogP contribution >= 0.6 is 0 Å². The molecule has 0 aliphatic heterocycles. The Morgan fingerprint density at radius 2 is 1.82 bits per heavy atom. The maximum Gasteiger partial charge on any atom is 0.194 e. The van der Waals surface area contributed by atoms with Crippen molar-refractivity contribution in [2.45, 2.75) is 6.61 Å². The van der Waals surface area contributed by atoms with Crippen molar-refractivity contribution in [3.8, 4) is 11.5 Å². The van der Waals surface area contributed by atoms with Crippen molar-refractivity contribution in [1.29, 1.82) is 0 Å². The molecule has 0 aliphatic rings. The van der Waals surface area contributed by atoms with Gasteiger partial charge in [0, 0.05) is 5.56 Å². The Kier molecular flexibility index (Phi) is 1.96. The van der Waals surface area contributed by atoms with E-state index in [-0.39, 0.29) is 5.56 Å². The Labute approximate surface area is 62.3 Å². The lowest BCUT2D eigenvalue weighted by Crippen LogP contribution is -1.86. The third-order valence-electron chi connectivity index (χ3n) is 1.36. The number of hydrogen-bond donors (Lipinski definition) is 3. The second-order valence-electron chi connectivity index (χ2n) is 2.06. The number of rotatable bonds is 1. The van der Waals surface area contributed by atoms with E-state index in [2.05, 4.69) is 0 Å². The first-order valence-corrected chi connectivity index (χ1v) is 2.97. The fraction of sp³-hybridized carbons (Fsp3) is 0.143. The molecule has 0 bridgehead atoms. The zero-order valence-corrected chi connectivity index (χ0v) is 5.58. The van der Waals surface area contributed by atoms with Crippen molar-refractivity contribution < 1.29 is 19.7 Å². The number of aliphatic hydroxyl groups excluding tert-OH is 1. The van der Waals surface area contributed by atoms with Crippen LogP contribution in [0, 0.1) is 5.82 Å². The van der Waals surface area contributed by atoms with Crippen LogP contribution in [0.5, 0.6) is 11.5 Å². The van der Waals surface area contributed by atoms with E-state index < -0.39 is 23.9 Å². The van der Waals surface area contributed by atoms with Gasteiger partial charge in [-0.15, -0.1) is 0 Å². The van der Waals surface area contributed by atoms with E-state index in [9.17, 15) is 4.39 Å². The highest BCUT2D eigenvalue weighted by Crippen LogP contribution is 2.31. The molecule has 1 aromatic carbocycles. The summed E-state index contributed by atoms with van der Waals surface area (Å²) in [6, 6.07) is 2.17. The van der Waals surface area contributed by atoms with Gasteiger partial charge in [-0.05, 0) is 12.1 Å². The predicted molar refractivity (Wildman–Crippen MR) is 35.7 cm³/mol. The summed E-state index contributed by atoms with van der Waals surface area (Å²) >= 11 is 0. The van der Waals surface area contributed by atoms with Gasteiger partial charge in [-0.25, -0.2) is 4.39 Å². The molecule has 60 valence electrons. The smallest absolute Gasteiger partial charge is 0.194 e. The summed E-state index contributed by atoms with van der Waals surface area (Å²) in [6.45, 7) is -0.431. The lowest BCUT2D eigenvalue weighted by Gasteiger charge is -2.02. The minimum Gasteiger partial charge on any atom is -0.504 e. The minimum atomic E-state index is -0.903. The van der Waals surface area contributed by atoms with Gasteiger partial charge in [0.15, 0.2) is 17.3 Å². The van der Waals surface area contributed by atoms with Crippen LogP contribution in [0.25, 0.3) is 0 Å². The molecule has 0 fully saturated rings. The normalized spacial score (nSPS) is 10.0. The van der Waals surface area contributed by atoms with Crippen LogP contribution in [0.4, 0.5) is 4.39 Å². The van der Waals surface area contributed by atoms with E-state index in [1.54, 1.807) is 0 Å². The van der Waals surface area contributed by atoms with E-state index >= 15 is 0 Å². The van der Waals surface area contributed by atoms with Crippen molar-refractivity contribution >= 4 is 0 Å². The average Bonchev–Trinajstić information content (AvgIpc) is 2.01. The molecule has 0 aromatic heterocycles. The van der Waals surface area contributed by atoms with Crippen LogP contribution in [0.1, 0.15) is 5.56 Å². The van der Waals surface area contributed by atoms with Crippen LogP contribution in [0.3, 0.4) is 0 Å². The topological polar surface area (TPSA) is 60.7 Å². The van der Waals surface area contributed by atoms with Gasteiger partial charge in [-0.3, -0.25) is 0 Å². The van der Waals surface area contributed by atoms with Gasteiger partial charge in [-0.1, -0.05) is 0 Å². The Morgan fingerprint density at radius 1 is 1.18 bits per heavy atom. The second-order valence-corrected chi connectivity index (χ2v) is 2.06. The molecule has 0 spiro atoms. The highest BCUT2D eigenvalue weighted by atomic mass is 19.1. The van der Waals surface area contributed by atoms with Gasteiger partial charge in [0.2, 0.25) is 0 Å². The molecule has 0 saturated heterocycles. The largest absolute Gasteiger partial charge is 0.504 e. The summed E-state index contributed by atoms with van der Waals surface area (Å²) in [4.78, 5) is 0. The van der Waals surface area contributed by atoms with Gasteiger partial charge in [0.05, 0.1) is 6.61 Å². The molecule has 0 atom stereocenters. The summed E-state index contributed by atoms with van der Waals surface area (Å²) in [5.74, 6) is -2.33. The van der Waals surface area contributed by atoms with Crippen molar-refractivity contribution in [2.75, 3.05) is 0 Å². The zero-order chi connectivity index (χ0) is 8.43. The van der Waals surface area contributed by atoms with Crippen LogP contribution in [-0.2, 0) is 6.61 Å². The Morgan fingerprint density at radius 3 is 2.36 bits per heavy atom. The third kappa shape index (κ3) is 1.25. The minimum absolute atomic E-state index is 0.101. The number of phenols is 2.